The molecule has 0 aliphatic heterocycles. The Hall–Kier alpha value is -1.14. The van der Waals surface area contributed by atoms with Crippen LogP contribution in [-0.2, 0) is 19.1 Å². The smallest absolute Gasteiger partial charge is 0.306 e. The van der Waals surface area contributed by atoms with E-state index < -0.39 is 0 Å². The normalized spacial score (nSPS) is 12.2. The zero-order valence-corrected chi connectivity index (χ0v) is 35.6. The fraction of sp³-hybridized carbons (Fsp3) is 0.957. The van der Waals surface area contributed by atoms with Crippen molar-refractivity contribution < 1.29 is 24.2 Å². The molecule has 0 aromatic heterocycles. The molecule has 1 unspecified atom stereocenters. The molecule has 0 saturated heterocycles. The number of rotatable bonds is 42. The van der Waals surface area contributed by atoms with E-state index in [1.807, 2.05) is 0 Å². The van der Waals surface area contributed by atoms with Gasteiger partial charge in [0.15, 0.2) is 0 Å². The summed E-state index contributed by atoms with van der Waals surface area (Å²) in [6.07, 6.45) is 38.7. The fourth-order valence-corrected chi connectivity index (χ4v) is 7.34. The highest BCUT2D eigenvalue weighted by molar-refractivity contribution is 5.69. The average molecular weight is 738 g/mol. The second kappa shape index (κ2) is 41.0. The van der Waals surface area contributed by atoms with Crippen LogP contribution in [0.5, 0.6) is 0 Å². The minimum atomic E-state index is -0.0176. The number of nitrogens with zero attached hydrogens (tertiary/aromatic N) is 1. The van der Waals surface area contributed by atoms with Gasteiger partial charge in [0.25, 0.3) is 0 Å². The van der Waals surface area contributed by atoms with Gasteiger partial charge in [0.05, 0.1) is 0 Å². The van der Waals surface area contributed by atoms with Crippen molar-refractivity contribution in [2.24, 2.45) is 0 Å². The lowest BCUT2D eigenvalue weighted by molar-refractivity contribution is -0.151. The molecule has 52 heavy (non-hydrogen) atoms. The van der Waals surface area contributed by atoms with Gasteiger partial charge in [0.2, 0.25) is 0 Å². The predicted molar refractivity (Wildman–Crippen MR) is 223 cm³/mol. The minimum Gasteiger partial charge on any atom is -0.462 e. The van der Waals surface area contributed by atoms with Crippen molar-refractivity contribution in [3.63, 3.8) is 0 Å². The third-order valence-electron chi connectivity index (χ3n) is 10.7. The third kappa shape index (κ3) is 35.9. The summed E-state index contributed by atoms with van der Waals surface area (Å²) in [5, 5.41) is 9.41. The first kappa shape index (κ1) is 50.9. The van der Waals surface area contributed by atoms with E-state index in [-0.39, 0.29) is 30.8 Å². The molecule has 0 aromatic carbocycles. The molecule has 310 valence electrons. The molecule has 0 heterocycles. The Bertz CT molecular complexity index is 730. The Morgan fingerprint density at radius 1 is 0.404 bits per heavy atom. The van der Waals surface area contributed by atoms with Crippen molar-refractivity contribution in [3.05, 3.63) is 0 Å². The molecule has 0 radical (unpaired) electrons. The van der Waals surface area contributed by atoms with Crippen LogP contribution >= 0.6 is 0 Å². The summed E-state index contributed by atoms with van der Waals surface area (Å²) in [7, 11) is 0. The number of carbonyl (C=O) groups is 2. The third-order valence-corrected chi connectivity index (χ3v) is 10.7. The van der Waals surface area contributed by atoms with E-state index in [9.17, 15) is 14.7 Å². The molecule has 6 heteroatoms. The number of hydrogen-bond acceptors (Lipinski definition) is 6. The largest absolute Gasteiger partial charge is 0.462 e. The lowest BCUT2D eigenvalue weighted by Gasteiger charge is -2.22. The maximum absolute atomic E-state index is 12.7. The van der Waals surface area contributed by atoms with E-state index >= 15 is 0 Å². The van der Waals surface area contributed by atoms with Gasteiger partial charge in [-0.15, -0.1) is 0 Å². The molecule has 0 spiro atoms. The summed E-state index contributed by atoms with van der Waals surface area (Å²) >= 11 is 0. The standard InChI is InChI=1S/C46H91NO5/c1-5-9-12-15-19-25-34-43(33-8-4)51-45(49)38-29-24-31-40-47(41-32-42-48)39-30-23-18-22-28-37-46(50)52-44(35-26-20-16-13-10-6-2)36-27-21-17-14-11-7-3/h43-44,48H,5-42H2,1-4H3. The van der Waals surface area contributed by atoms with Crippen molar-refractivity contribution in [2.75, 3.05) is 26.2 Å². The molecule has 0 aliphatic carbocycles. The van der Waals surface area contributed by atoms with Gasteiger partial charge in [-0.25, -0.2) is 0 Å². The number of carbonyl (C=O) groups excluding carboxylic acids is 2. The minimum absolute atomic E-state index is 0.0133. The van der Waals surface area contributed by atoms with Crippen LogP contribution in [0.15, 0.2) is 0 Å². The maximum atomic E-state index is 12.7. The quantitative estimate of drug-likeness (QED) is 0.0496. The van der Waals surface area contributed by atoms with E-state index in [2.05, 4.69) is 32.6 Å². The molecule has 6 nitrogen and oxygen atoms in total. The van der Waals surface area contributed by atoms with Gasteiger partial charge in [-0.05, 0) is 90.1 Å². The predicted octanol–water partition coefficient (Wildman–Crippen LogP) is 13.4. The van der Waals surface area contributed by atoms with Gasteiger partial charge in [0.1, 0.15) is 12.2 Å². The van der Waals surface area contributed by atoms with E-state index in [0.717, 1.165) is 103 Å². The summed E-state index contributed by atoms with van der Waals surface area (Å²) in [4.78, 5) is 27.8. The van der Waals surface area contributed by atoms with Crippen LogP contribution in [0.1, 0.15) is 246 Å². The summed E-state index contributed by atoms with van der Waals surface area (Å²) < 4.78 is 11.9. The summed E-state index contributed by atoms with van der Waals surface area (Å²) in [5.74, 6) is -0.00432. The zero-order valence-electron chi connectivity index (χ0n) is 35.6. The number of ether oxygens (including phenoxy) is 2. The maximum Gasteiger partial charge on any atom is 0.306 e. The van der Waals surface area contributed by atoms with Crippen LogP contribution in [0.25, 0.3) is 0 Å². The highest BCUT2D eigenvalue weighted by Crippen LogP contribution is 2.19. The summed E-state index contributed by atoms with van der Waals surface area (Å²) in [6.45, 7) is 12.2. The highest BCUT2D eigenvalue weighted by atomic mass is 16.5. The molecule has 0 bridgehead atoms. The molecule has 0 fully saturated rings. The van der Waals surface area contributed by atoms with Gasteiger partial charge in [-0.1, -0.05) is 156 Å². The van der Waals surface area contributed by atoms with Gasteiger partial charge >= 0.3 is 11.9 Å². The summed E-state index contributed by atoms with van der Waals surface area (Å²) in [6, 6.07) is 0. The molecule has 0 aliphatic rings. The Morgan fingerprint density at radius 3 is 1.13 bits per heavy atom. The van der Waals surface area contributed by atoms with Crippen LogP contribution in [0.2, 0.25) is 0 Å². The average Bonchev–Trinajstić information content (AvgIpc) is 3.13. The van der Waals surface area contributed by atoms with Crippen molar-refractivity contribution in [1.29, 1.82) is 0 Å². The van der Waals surface area contributed by atoms with Crippen molar-refractivity contribution in [2.45, 2.75) is 258 Å². The molecular weight excluding hydrogens is 647 g/mol. The fourth-order valence-electron chi connectivity index (χ4n) is 7.34. The van der Waals surface area contributed by atoms with Crippen molar-refractivity contribution >= 4 is 11.9 Å². The number of aliphatic hydroxyl groups is 1. The zero-order chi connectivity index (χ0) is 38.2. The molecule has 0 saturated carbocycles. The molecule has 0 rings (SSSR count). The number of aliphatic hydroxyl groups excluding tert-OH is 1. The van der Waals surface area contributed by atoms with Crippen LogP contribution < -0.4 is 0 Å². The highest BCUT2D eigenvalue weighted by Gasteiger charge is 2.15. The Morgan fingerprint density at radius 2 is 0.731 bits per heavy atom. The van der Waals surface area contributed by atoms with Crippen LogP contribution in [0, 0.1) is 0 Å². The lowest BCUT2D eigenvalue weighted by atomic mass is 10.0. The van der Waals surface area contributed by atoms with Crippen molar-refractivity contribution in [3.8, 4) is 0 Å². The van der Waals surface area contributed by atoms with Crippen molar-refractivity contribution in [1.82, 2.24) is 4.90 Å². The second-order valence-corrected chi connectivity index (χ2v) is 15.9. The number of esters is 2. The Balaban J connectivity index is 4.23. The van der Waals surface area contributed by atoms with E-state index in [4.69, 9.17) is 9.47 Å². The first-order chi connectivity index (χ1) is 25.5. The van der Waals surface area contributed by atoms with Gasteiger partial charge in [-0.2, -0.15) is 0 Å². The van der Waals surface area contributed by atoms with Crippen LogP contribution in [-0.4, -0.2) is 60.4 Å². The topological polar surface area (TPSA) is 76.1 Å². The van der Waals surface area contributed by atoms with E-state index in [0.29, 0.717) is 12.8 Å². The van der Waals surface area contributed by atoms with Crippen LogP contribution in [0.3, 0.4) is 0 Å². The SMILES string of the molecule is CCCCCCCCC(CCC)OC(=O)CCCCCN(CCCO)CCCCCCCC(=O)OC(CCCCCCCC)CCCCCCCC. The summed E-state index contributed by atoms with van der Waals surface area (Å²) in [5.41, 5.74) is 0. The Kier molecular flexibility index (Phi) is 40.1. The van der Waals surface area contributed by atoms with Gasteiger partial charge in [0, 0.05) is 26.0 Å². The first-order valence-electron chi connectivity index (χ1n) is 23.2. The van der Waals surface area contributed by atoms with E-state index in [1.165, 1.54) is 122 Å². The molecule has 0 amide bonds. The second-order valence-electron chi connectivity index (χ2n) is 15.9. The molecule has 0 aromatic rings. The molecule has 1 N–H and O–H groups in total. The molecule has 1 atom stereocenters. The number of unbranched alkanes of at least 4 members (excludes halogenated alkanes) is 21. The molecular formula is C46H91NO5. The first-order valence-corrected chi connectivity index (χ1v) is 23.2. The van der Waals surface area contributed by atoms with Gasteiger partial charge in [-0.3, -0.25) is 9.59 Å². The van der Waals surface area contributed by atoms with Crippen LogP contribution in [0.4, 0.5) is 0 Å². The van der Waals surface area contributed by atoms with Gasteiger partial charge < -0.3 is 19.5 Å². The monoisotopic (exact) mass is 738 g/mol. The lowest BCUT2D eigenvalue weighted by Crippen LogP contribution is -2.28. The van der Waals surface area contributed by atoms with E-state index in [1.54, 1.807) is 0 Å². The Labute approximate surface area is 324 Å². The number of hydrogen-bond donors (Lipinski definition) is 1.